The Labute approximate surface area is 76.7 Å². The largest absolute Gasteiger partial charge is 0.339 e. The molecule has 1 spiro atoms. The van der Waals surface area contributed by atoms with Crippen molar-refractivity contribution in [1.82, 2.24) is 15.5 Å². The van der Waals surface area contributed by atoms with Gasteiger partial charge >= 0.3 is 0 Å². The van der Waals surface area contributed by atoms with Crippen LogP contribution in [0.5, 0.6) is 0 Å². The van der Waals surface area contributed by atoms with Crippen molar-refractivity contribution >= 4 is 0 Å². The maximum Gasteiger partial charge on any atom is 0.230 e. The first-order chi connectivity index (χ1) is 6.30. The molecule has 1 saturated carbocycles. The van der Waals surface area contributed by atoms with E-state index in [9.17, 15) is 0 Å². The highest BCUT2D eigenvalue weighted by Gasteiger charge is 2.58. The summed E-state index contributed by atoms with van der Waals surface area (Å²) in [4.78, 5) is 4.29. The lowest BCUT2D eigenvalue weighted by atomic mass is 10.0. The topological polar surface area (TPSA) is 51.0 Å². The zero-order valence-electron chi connectivity index (χ0n) is 7.71. The predicted molar refractivity (Wildman–Crippen MR) is 46.3 cm³/mol. The molecule has 70 valence electrons. The van der Waals surface area contributed by atoms with Crippen LogP contribution in [-0.2, 0) is 0 Å². The molecule has 2 atom stereocenters. The molecule has 2 heterocycles. The monoisotopic (exact) mass is 179 g/mol. The average Bonchev–Trinajstić information content (AvgIpc) is 2.50. The van der Waals surface area contributed by atoms with Gasteiger partial charge in [0.05, 0.1) is 0 Å². The van der Waals surface area contributed by atoms with Crippen molar-refractivity contribution < 1.29 is 4.52 Å². The smallest absolute Gasteiger partial charge is 0.230 e. The molecule has 1 N–H and O–H groups in total. The minimum Gasteiger partial charge on any atom is -0.339 e. The summed E-state index contributed by atoms with van der Waals surface area (Å²) in [7, 11) is 0. The number of hydrogen-bond acceptors (Lipinski definition) is 4. The van der Waals surface area contributed by atoms with Crippen molar-refractivity contribution in [2.45, 2.75) is 25.7 Å². The molecule has 1 saturated heterocycles. The molecule has 2 unspecified atom stereocenters. The average molecular weight is 179 g/mol. The molecule has 0 amide bonds. The Morgan fingerprint density at radius 3 is 3.15 bits per heavy atom. The first-order valence-corrected chi connectivity index (χ1v) is 4.81. The van der Waals surface area contributed by atoms with Crippen molar-refractivity contribution in [3.05, 3.63) is 11.7 Å². The summed E-state index contributed by atoms with van der Waals surface area (Å²) in [5.74, 6) is 2.13. The second-order valence-electron chi connectivity index (χ2n) is 4.23. The number of nitrogens with one attached hydrogen (secondary N) is 1. The van der Waals surface area contributed by atoms with Crippen molar-refractivity contribution in [2.24, 2.45) is 5.41 Å². The third-order valence-electron chi connectivity index (χ3n) is 3.31. The SMILES string of the molecule is Cc1noc(C2CC23CCNC3)n1. The maximum absolute atomic E-state index is 5.19. The van der Waals surface area contributed by atoms with Crippen LogP contribution in [0, 0.1) is 12.3 Å². The second-order valence-corrected chi connectivity index (χ2v) is 4.23. The van der Waals surface area contributed by atoms with Crippen LogP contribution in [0.15, 0.2) is 4.52 Å². The van der Waals surface area contributed by atoms with Crippen LogP contribution in [0.25, 0.3) is 0 Å². The summed E-state index contributed by atoms with van der Waals surface area (Å²) in [5, 5.41) is 7.22. The Morgan fingerprint density at radius 2 is 2.54 bits per heavy atom. The van der Waals surface area contributed by atoms with Gasteiger partial charge in [0.1, 0.15) is 0 Å². The number of aryl methyl sites for hydroxylation is 1. The van der Waals surface area contributed by atoms with Crippen LogP contribution in [-0.4, -0.2) is 23.2 Å². The van der Waals surface area contributed by atoms with Gasteiger partial charge in [-0.1, -0.05) is 5.16 Å². The summed E-state index contributed by atoms with van der Waals surface area (Å²) < 4.78 is 5.19. The number of nitrogens with zero attached hydrogens (tertiary/aromatic N) is 2. The van der Waals surface area contributed by atoms with Crippen LogP contribution in [0.2, 0.25) is 0 Å². The van der Waals surface area contributed by atoms with Crippen LogP contribution in [0.1, 0.15) is 30.5 Å². The van der Waals surface area contributed by atoms with E-state index in [1.807, 2.05) is 6.92 Å². The summed E-state index contributed by atoms with van der Waals surface area (Å²) in [5.41, 5.74) is 0.471. The molecule has 4 nitrogen and oxygen atoms in total. The molecule has 4 heteroatoms. The fraction of sp³-hybridized carbons (Fsp3) is 0.778. The highest BCUT2D eigenvalue weighted by Crippen LogP contribution is 2.62. The van der Waals surface area contributed by atoms with E-state index in [0.29, 0.717) is 11.3 Å². The van der Waals surface area contributed by atoms with E-state index in [-0.39, 0.29) is 0 Å². The van der Waals surface area contributed by atoms with E-state index in [0.717, 1.165) is 24.8 Å². The minimum atomic E-state index is 0.471. The highest BCUT2D eigenvalue weighted by atomic mass is 16.5. The molecule has 1 aromatic heterocycles. The summed E-state index contributed by atoms with van der Waals surface area (Å²) in [6, 6.07) is 0. The molecule has 0 bridgehead atoms. The van der Waals surface area contributed by atoms with Crippen LogP contribution in [0.3, 0.4) is 0 Å². The third-order valence-corrected chi connectivity index (χ3v) is 3.31. The van der Waals surface area contributed by atoms with Crippen molar-refractivity contribution in [3.8, 4) is 0 Å². The maximum atomic E-state index is 5.19. The van der Waals surface area contributed by atoms with Crippen molar-refractivity contribution in [1.29, 1.82) is 0 Å². The van der Waals surface area contributed by atoms with Crippen molar-refractivity contribution in [3.63, 3.8) is 0 Å². The van der Waals surface area contributed by atoms with Crippen molar-refractivity contribution in [2.75, 3.05) is 13.1 Å². The molecule has 1 aliphatic heterocycles. The molecule has 1 aliphatic carbocycles. The fourth-order valence-corrected chi connectivity index (χ4v) is 2.39. The molecule has 3 rings (SSSR count). The molecular weight excluding hydrogens is 166 g/mol. The van der Waals surface area contributed by atoms with E-state index in [1.54, 1.807) is 0 Å². The van der Waals surface area contributed by atoms with E-state index < -0.39 is 0 Å². The number of rotatable bonds is 1. The summed E-state index contributed by atoms with van der Waals surface area (Å²) in [6.45, 7) is 4.14. The molecular formula is C9H13N3O. The number of aromatic nitrogens is 2. The van der Waals surface area contributed by atoms with Gasteiger partial charge in [-0.3, -0.25) is 0 Å². The Hall–Kier alpha value is -0.900. The van der Waals surface area contributed by atoms with E-state index in [2.05, 4.69) is 15.5 Å². The lowest BCUT2D eigenvalue weighted by molar-refractivity contribution is 0.360. The normalized spacial score (nSPS) is 37.2. The zero-order valence-corrected chi connectivity index (χ0v) is 7.71. The highest BCUT2D eigenvalue weighted by molar-refractivity contribution is 5.19. The van der Waals surface area contributed by atoms with Gasteiger partial charge in [0.15, 0.2) is 5.82 Å². The lowest BCUT2D eigenvalue weighted by Crippen LogP contribution is -2.10. The molecule has 2 fully saturated rings. The second kappa shape index (κ2) is 2.32. The van der Waals surface area contributed by atoms with E-state index in [1.165, 1.54) is 12.8 Å². The van der Waals surface area contributed by atoms with Gasteiger partial charge < -0.3 is 9.84 Å². The third kappa shape index (κ3) is 1.01. The van der Waals surface area contributed by atoms with E-state index in [4.69, 9.17) is 4.52 Å². The van der Waals surface area contributed by atoms with Crippen LogP contribution >= 0.6 is 0 Å². The summed E-state index contributed by atoms with van der Waals surface area (Å²) >= 11 is 0. The van der Waals surface area contributed by atoms with Gasteiger partial charge in [-0.2, -0.15) is 4.98 Å². The Morgan fingerprint density at radius 1 is 1.62 bits per heavy atom. The van der Waals surface area contributed by atoms with Gasteiger partial charge in [0.25, 0.3) is 0 Å². The molecule has 0 radical (unpaired) electrons. The molecule has 1 aromatic rings. The van der Waals surface area contributed by atoms with Crippen LogP contribution in [0.4, 0.5) is 0 Å². The zero-order chi connectivity index (χ0) is 8.89. The molecule has 0 aromatic carbocycles. The quantitative estimate of drug-likeness (QED) is 0.694. The van der Waals surface area contributed by atoms with E-state index >= 15 is 0 Å². The molecule has 13 heavy (non-hydrogen) atoms. The Balaban J connectivity index is 1.82. The predicted octanol–water partition coefficient (Wildman–Crippen LogP) is 0.845. The number of hydrogen-bond donors (Lipinski definition) is 1. The minimum absolute atomic E-state index is 0.471. The first-order valence-electron chi connectivity index (χ1n) is 4.81. The van der Waals surface area contributed by atoms with Gasteiger partial charge in [-0.05, 0) is 31.7 Å². The molecule has 2 aliphatic rings. The summed E-state index contributed by atoms with van der Waals surface area (Å²) in [6.07, 6.45) is 2.49. The van der Waals surface area contributed by atoms with Gasteiger partial charge in [0.2, 0.25) is 5.89 Å². The fourth-order valence-electron chi connectivity index (χ4n) is 2.39. The van der Waals surface area contributed by atoms with Gasteiger partial charge in [-0.25, -0.2) is 0 Å². The first kappa shape index (κ1) is 7.50. The Bertz CT molecular complexity index is 327. The standard InChI is InChI=1S/C9H13N3O/c1-6-11-8(13-12-6)7-4-9(7)2-3-10-5-9/h7,10H,2-5H2,1H3. The Kier molecular flexibility index (Phi) is 1.34. The van der Waals surface area contributed by atoms with Gasteiger partial charge in [0, 0.05) is 12.5 Å². The van der Waals surface area contributed by atoms with Crippen LogP contribution < -0.4 is 5.32 Å². The lowest BCUT2D eigenvalue weighted by Gasteiger charge is -2.02. The van der Waals surface area contributed by atoms with Gasteiger partial charge in [-0.15, -0.1) is 0 Å².